The number of hydrogen-bond acceptors (Lipinski definition) is 2. The molecule has 0 unspecified atom stereocenters. The fourth-order valence-corrected chi connectivity index (χ4v) is 1.61. The molecule has 14 heavy (non-hydrogen) atoms. The van der Waals surface area contributed by atoms with Gasteiger partial charge in [0.25, 0.3) is 0 Å². The first-order chi connectivity index (χ1) is 6.57. The molecule has 0 saturated heterocycles. The first-order valence-corrected chi connectivity index (χ1v) is 4.49. The highest BCUT2D eigenvalue weighted by Crippen LogP contribution is 2.28. The standard InChI is InChI=1S/C9H9F3N2/c10-9(11,12)8-13-5-6-3-1-2-4-7(6)14-8/h5H,1-4H2. The maximum atomic E-state index is 12.2. The highest BCUT2D eigenvalue weighted by molar-refractivity contribution is 5.20. The van der Waals surface area contributed by atoms with Gasteiger partial charge >= 0.3 is 6.18 Å². The minimum Gasteiger partial charge on any atom is -0.233 e. The summed E-state index contributed by atoms with van der Waals surface area (Å²) in [5.41, 5.74) is 1.43. The molecule has 0 spiro atoms. The molecule has 5 heteroatoms. The topological polar surface area (TPSA) is 25.8 Å². The van der Waals surface area contributed by atoms with E-state index in [-0.39, 0.29) is 0 Å². The van der Waals surface area contributed by atoms with Crippen LogP contribution >= 0.6 is 0 Å². The van der Waals surface area contributed by atoms with Gasteiger partial charge in [0.15, 0.2) is 0 Å². The van der Waals surface area contributed by atoms with Crippen LogP contribution in [0.4, 0.5) is 13.2 Å². The van der Waals surface area contributed by atoms with Crippen LogP contribution in [0.15, 0.2) is 6.20 Å². The molecule has 0 radical (unpaired) electrons. The van der Waals surface area contributed by atoms with Crippen molar-refractivity contribution in [2.24, 2.45) is 0 Å². The molecule has 0 N–H and O–H groups in total. The number of halogens is 3. The summed E-state index contributed by atoms with van der Waals surface area (Å²) in [6, 6.07) is 0. The van der Waals surface area contributed by atoms with E-state index in [1.54, 1.807) is 0 Å². The molecule has 76 valence electrons. The van der Waals surface area contributed by atoms with Crippen LogP contribution in [0.3, 0.4) is 0 Å². The molecule has 2 nitrogen and oxygen atoms in total. The van der Waals surface area contributed by atoms with Crippen LogP contribution in [0, 0.1) is 0 Å². The fourth-order valence-electron chi connectivity index (χ4n) is 1.61. The van der Waals surface area contributed by atoms with Crippen LogP contribution in [-0.4, -0.2) is 9.97 Å². The summed E-state index contributed by atoms with van der Waals surface area (Å²) in [4.78, 5) is 6.88. The normalized spacial score (nSPS) is 16.5. The summed E-state index contributed by atoms with van der Waals surface area (Å²) in [5, 5.41) is 0. The second-order valence-electron chi connectivity index (χ2n) is 3.37. The largest absolute Gasteiger partial charge is 0.451 e. The summed E-state index contributed by atoms with van der Waals surface area (Å²) < 4.78 is 36.7. The lowest BCUT2D eigenvalue weighted by Gasteiger charge is -2.15. The lowest BCUT2D eigenvalue weighted by molar-refractivity contribution is -0.145. The number of hydrogen-bond donors (Lipinski definition) is 0. The van der Waals surface area contributed by atoms with Gasteiger partial charge in [-0.05, 0) is 31.2 Å². The summed E-state index contributed by atoms with van der Waals surface area (Å²) in [6.45, 7) is 0. The Morgan fingerprint density at radius 2 is 1.86 bits per heavy atom. The van der Waals surface area contributed by atoms with Crippen molar-refractivity contribution in [2.45, 2.75) is 31.9 Å². The second kappa shape index (κ2) is 3.22. The third kappa shape index (κ3) is 1.71. The van der Waals surface area contributed by atoms with Crippen molar-refractivity contribution in [3.05, 3.63) is 23.3 Å². The van der Waals surface area contributed by atoms with Crippen molar-refractivity contribution in [2.75, 3.05) is 0 Å². The van der Waals surface area contributed by atoms with Gasteiger partial charge in [-0.25, -0.2) is 9.97 Å². The van der Waals surface area contributed by atoms with Crippen LogP contribution in [0.1, 0.15) is 29.9 Å². The van der Waals surface area contributed by atoms with Gasteiger partial charge < -0.3 is 0 Å². The Labute approximate surface area is 79.2 Å². The number of fused-ring (bicyclic) bond motifs is 1. The van der Waals surface area contributed by atoms with Gasteiger partial charge in [0.05, 0.1) is 0 Å². The molecule has 0 bridgehead atoms. The highest BCUT2D eigenvalue weighted by atomic mass is 19.4. The molecule has 0 atom stereocenters. The molecule has 0 amide bonds. The Bertz CT molecular complexity index is 346. The van der Waals surface area contributed by atoms with E-state index in [0.29, 0.717) is 12.1 Å². The summed E-state index contributed by atoms with van der Waals surface area (Å²) in [6.07, 6.45) is 0.258. The van der Waals surface area contributed by atoms with E-state index in [4.69, 9.17) is 0 Å². The quantitative estimate of drug-likeness (QED) is 0.645. The molecule has 0 fully saturated rings. The van der Waals surface area contributed by atoms with E-state index in [0.717, 1.165) is 24.8 Å². The molecule has 1 heterocycles. The van der Waals surface area contributed by atoms with Crippen molar-refractivity contribution in [3.63, 3.8) is 0 Å². The molecule has 1 aliphatic rings. The van der Waals surface area contributed by atoms with E-state index in [2.05, 4.69) is 9.97 Å². The van der Waals surface area contributed by atoms with Crippen LogP contribution in [0.5, 0.6) is 0 Å². The minimum absolute atomic E-state index is 0.568. The molecule has 1 aliphatic carbocycles. The van der Waals surface area contributed by atoms with Crippen molar-refractivity contribution in [1.82, 2.24) is 9.97 Å². The molecule has 0 aromatic carbocycles. The molecule has 1 aromatic rings. The van der Waals surface area contributed by atoms with Gasteiger partial charge in [0, 0.05) is 11.9 Å². The minimum atomic E-state index is -4.42. The maximum Gasteiger partial charge on any atom is 0.451 e. The van der Waals surface area contributed by atoms with E-state index >= 15 is 0 Å². The maximum absolute atomic E-state index is 12.2. The summed E-state index contributed by atoms with van der Waals surface area (Å²) >= 11 is 0. The molecular formula is C9H9F3N2. The van der Waals surface area contributed by atoms with Gasteiger partial charge in [-0.15, -0.1) is 0 Å². The summed E-state index contributed by atoms with van der Waals surface area (Å²) in [5.74, 6) is -1.02. The van der Waals surface area contributed by atoms with Crippen LogP contribution in [0.25, 0.3) is 0 Å². The van der Waals surface area contributed by atoms with Gasteiger partial charge in [-0.1, -0.05) is 0 Å². The lowest BCUT2D eigenvalue weighted by atomic mass is 9.97. The zero-order valence-electron chi connectivity index (χ0n) is 7.43. The molecule has 0 aliphatic heterocycles. The first kappa shape index (κ1) is 9.43. The SMILES string of the molecule is FC(F)(F)c1ncc2c(n1)CCCC2. The van der Waals surface area contributed by atoms with E-state index in [9.17, 15) is 13.2 Å². The van der Waals surface area contributed by atoms with Crippen molar-refractivity contribution in [3.8, 4) is 0 Å². The molecule has 2 rings (SSSR count). The van der Waals surface area contributed by atoms with Gasteiger partial charge in [0.2, 0.25) is 5.82 Å². The van der Waals surface area contributed by atoms with E-state index in [1.807, 2.05) is 0 Å². The van der Waals surface area contributed by atoms with Crippen molar-refractivity contribution >= 4 is 0 Å². The average Bonchev–Trinajstić information content (AvgIpc) is 2.16. The van der Waals surface area contributed by atoms with Gasteiger partial charge in [0.1, 0.15) is 0 Å². The predicted molar refractivity (Wildman–Crippen MR) is 43.7 cm³/mol. The Morgan fingerprint density at radius 1 is 1.14 bits per heavy atom. The molecular weight excluding hydrogens is 193 g/mol. The van der Waals surface area contributed by atoms with Crippen LogP contribution in [0.2, 0.25) is 0 Å². The predicted octanol–water partition coefficient (Wildman–Crippen LogP) is 2.37. The Balaban J connectivity index is 2.39. The number of nitrogens with zero attached hydrogens (tertiary/aromatic N) is 2. The van der Waals surface area contributed by atoms with Crippen molar-refractivity contribution < 1.29 is 13.2 Å². The Morgan fingerprint density at radius 3 is 2.57 bits per heavy atom. The van der Waals surface area contributed by atoms with Crippen LogP contribution in [-0.2, 0) is 19.0 Å². The van der Waals surface area contributed by atoms with Gasteiger partial charge in [-0.3, -0.25) is 0 Å². The smallest absolute Gasteiger partial charge is 0.233 e. The monoisotopic (exact) mass is 202 g/mol. The molecule has 0 saturated carbocycles. The zero-order valence-corrected chi connectivity index (χ0v) is 7.43. The molecule has 1 aromatic heterocycles. The third-order valence-corrected chi connectivity index (χ3v) is 2.32. The Kier molecular flexibility index (Phi) is 2.17. The number of rotatable bonds is 0. The van der Waals surface area contributed by atoms with E-state index in [1.165, 1.54) is 6.20 Å². The Hall–Kier alpha value is -1.13. The summed E-state index contributed by atoms with van der Waals surface area (Å²) in [7, 11) is 0. The number of alkyl halides is 3. The number of aromatic nitrogens is 2. The second-order valence-corrected chi connectivity index (χ2v) is 3.37. The lowest BCUT2D eigenvalue weighted by Crippen LogP contribution is -2.15. The highest BCUT2D eigenvalue weighted by Gasteiger charge is 2.35. The first-order valence-electron chi connectivity index (χ1n) is 4.49. The van der Waals surface area contributed by atoms with Crippen molar-refractivity contribution in [1.29, 1.82) is 0 Å². The van der Waals surface area contributed by atoms with E-state index < -0.39 is 12.0 Å². The zero-order chi connectivity index (χ0) is 10.2. The van der Waals surface area contributed by atoms with Crippen LogP contribution < -0.4 is 0 Å². The third-order valence-electron chi connectivity index (χ3n) is 2.32. The number of aryl methyl sites for hydroxylation is 2. The average molecular weight is 202 g/mol. The van der Waals surface area contributed by atoms with Gasteiger partial charge in [-0.2, -0.15) is 13.2 Å². The fraction of sp³-hybridized carbons (Fsp3) is 0.556.